The number of amides is 2. The van der Waals surface area contributed by atoms with Crippen molar-refractivity contribution in [2.24, 2.45) is 22.1 Å². The summed E-state index contributed by atoms with van der Waals surface area (Å²) in [7, 11) is -13.8. The molecule has 0 aromatic heterocycles. The number of phenols is 1. The Morgan fingerprint density at radius 1 is 0.554 bits per heavy atom. The zero-order valence-corrected chi connectivity index (χ0v) is 49.7. The minimum absolute atomic E-state index is 0.0158. The number of piperidine rings is 2. The maximum Gasteiger partial charge on any atom is 0.362 e. The van der Waals surface area contributed by atoms with Crippen LogP contribution in [0.25, 0.3) is 0 Å². The number of benzene rings is 2. The van der Waals surface area contributed by atoms with E-state index in [0.717, 1.165) is 50.7 Å². The first-order valence-corrected chi connectivity index (χ1v) is 32.7. The highest BCUT2D eigenvalue weighted by Gasteiger charge is 2.29. The highest BCUT2D eigenvalue weighted by atomic mass is 31.2. The molecule has 0 spiro atoms. The van der Waals surface area contributed by atoms with Gasteiger partial charge in [-0.05, 0) is 112 Å². The lowest BCUT2D eigenvalue weighted by Crippen LogP contribution is -2.37. The second-order valence-corrected chi connectivity index (χ2v) is 25.4. The Hall–Kier alpha value is -6.13. The quantitative estimate of drug-likeness (QED) is 0.0389. The number of rotatable bonds is 15. The third-order valence-electron chi connectivity index (χ3n) is 12.9. The number of allylic oxidation sites excluding steroid dienone is 6. The number of nitrogens with zero attached hydrogens (tertiary/aromatic N) is 4. The summed E-state index contributed by atoms with van der Waals surface area (Å²) in [6.45, 7) is 9.62. The molecule has 0 aliphatic carbocycles. The largest absolute Gasteiger partial charge is 0.507 e. The predicted molar refractivity (Wildman–Crippen MR) is 305 cm³/mol. The third kappa shape index (κ3) is 25.3. The number of cyclic esters (lactones) is 2. The molecule has 7 N–H and O–H groups in total. The van der Waals surface area contributed by atoms with Gasteiger partial charge in [0.15, 0.2) is 32.3 Å². The van der Waals surface area contributed by atoms with Gasteiger partial charge in [-0.25, -0.2) is 9.59 Å². The number of oxime groups is 2. The number of esters is 2. The number of likely N-dealkylation sites (tertiary alicyclic amines) is 2. The molecule has 2 fully saturated rings. The molecule has 28 heteroatoms. The Labute approximate surface area is 482 Å². The maximum atomic E-state index is 13.5. The molecule has 458 valence electrons. The summed E-state index contributed by atoms with van der Waals surface area (Å²) in [5, 5.41) is 19.0. The molecule has 0 bridgehead atoms. The molecule has 2 saturated heterocycles. The molecule has 83 heavy (non-hydrogen) atoms. The van der Waals surface area contributed by atoms with E-state index in [1.165, 1.54) is 12.1 Å². The Balaban J connectivity index is 0.000000306. The van der Waals surface area contributed by atoms with E-state index in [1.807, 2.05) is 50.3 Å². The fraction of sp³-hybridized carbons (Fsp3) is 0.527. The lowest BCUT2D eigenvalue weighted by Gasteiger charge is -2.26. The summed E-state index contributed by atoms with van der Waals surface area (Å²) >= 11 is 0. The molecular weight excluding hydrogens is 1150 g/mol. The number of aromatic hydroxyl groups is 1. The first-order chi connectivity index (χ1) is 39.2. The SMILES string of the molecule is C[C@@H]1C/C=C/[C@H](C)C/C=C/C(=N\OCC(=O)N2CCCCC2)Cc2cc(OCP(=O)(O)O)cc(O)c2C(=O)O1.C[C@@H]1C/C=C/[C@H](C)C/C=C/C(=N\OCC(=O)N2CCCCC2)Cc2cc(OCP(=O)(O)O)cc(OCP(=O)(O)O)c2C(=O)O1. The average molecular weight is 1220 g/mol. The van der Waals surface area contributed by atoms with Gasteiger partial charge in [0.25, 0.3) is 11.8 Å². The van der Waals surface area contributed by atoms with Gasteiger partial charge in [-0.3, -0.25) is 23.3 Å². The summed E-state index contributed by atoms with van der Waals surface area (Å²) in [6.07, 6.45) is 18.9. The average Bonchev–Trinajstić information content (AvgIpc) is 3.43. The normalized spacial score (nSPS) is 23.2. The Kier molecular flexibility index (Phi) is 26.7. The van der Waals surface area contributed by atoms with Crippen LogP contribution in [0.4, 0.5) is 0 Å². The van der Waals surface area contributed by atoms with E-state index in [9.17, 15) is 67.3 Å². The molecule has 2 aromatic carbocycles. The van der Waals surface area contributed by atoms with Crippen LogP contribution in [-0.4, -0.2) is 150 Å². The van der Waals surface area contributed by atoms with E-state index in [1.54, 1.807) is 35.8 Å². The molecule has 0 saturated carbocycles. The zero-order valence-electron chi connectivity index (χ0n) is 47.1. The summed E-state index contributed by atoms with van der Waals surface area (Å²) in [4.78, 5) is 122. The molecule has 2 amide bonds. The van der Waals surface area contributed by atoms with E-state index >= 15 is 0 Å². The van der Waals surface area contributed by atoms with Crippen molar-refractivity contribution in [2.45, 2.75) is 117 Å². The van der Waals surface area contributed by atoms with E-state index in [4.69, 9.17) is 33.4 Å². The molecule has 4 aliphatic rings. The van der Waals surface area contributed by atoms with Gasteiger partial charge in [-0.2, -0.15) is 0 Å². The molecule has 6 rings (SSSR count). The third-order valence-corrected chi connectivity index (χ3v) is 14.3. The lowest BCUT2D eigenvalue weighted by molar-refractivity contribution is -0.137. The van der Waals surface area contributed by atoms with E-state index in [2.05, 4.69) is 10.3 Å². The molecular formula is C55H77N4O21P3. The van der Waals surface area contributed by atoms with Crippen molar-refractivity contribution in [3.63, 3.8) is 0 Å². The lowest BCUT2D eigenvalue weighted by atomic mass is 9.98. The number of hydrogen-bond donors (Lipinski definition) is 7. The number of carbonyl (C=O) groups excluding carboxylic acids is 4. The van der Waals surface area contributed by atoms with Crippen LogP contribution in [0.1, 0.15) is 124 Å². The first-order valence-electron chi connectivity index (χ1n) is 27.3. The van der Waals surface area contributed by atoms with Crippen molar-refractivity contribution in [1.82, 2.24) is 9.80 Å². The molecule has 25 nitrogen and oxygen atoms in total. The summed E-state index contributed by atoms with van der Waals surface area (Å²) in [5.41, 5.74) is 0.742. The van der Waals surface area contributed by atoms with E-state index in [0.29, 0.717) is 57.6 Å². The number of carbonyl (C=O) groups is 4. The van der Waals surface area contributed by atoms with Crippen molar-refractivity contribution in [2.75, 3.05) is 58.4 Å². The number of ether oxygens (including phenoxy) is 5. The van der Waals surface area contributed by atoms with Crippen LogP contribution in [0.5, 0.6) is 23.0 Å². The van der Waals surface area contributed by atoms with Gasteiger partial charge in [0.1, 0.15) is 46.3 Å². The topological polar surface area (TPSA) is 357 Å². The van der Waals surface area contributed by atoms with Crippen LogP contribution in [0, 0.1) is 11.8 Å². The minimum atomic E-state index is -4.71. The fourth-order valence-corrected chi connectivity index (χ4v) is 9.76. The standard InChI is InChI=1S/C28H40N2O12P2.C27H37N2O9P/c1-20-8-6-10-21(2)42-28(32)27-22(15-24(39-18-43(33,34)35)16-25(27)40-19-44(36,37)38)14-23(11-7-9-20)29-41-17-26(31)30-12-4-3-5-13-30;1-19-8-6-10-20(2)38-27(32)26-21(15-23(16-24(26)30)36-18-39(33,34)35)14-22(11-7-9-19)28-37-17-25(31)29-12-4-3-5-13-29/h6-8,11,15-16,20-21H,3-5,9-10,12-14,17-19H2,1-2H3,(H2,33,34,35)(H2,36,37,38);6-8,11,15-16,19-20,30H,3-5,9-10,12-14,17-18H2,1-2H3,(H2,33,34,35)/b8-6+,11-7+,29-23+;8-6+,11-7+,28-22+/t20-,21+;19-,20+/m00/s1. The van der Waals surface area contributed by atoms with E-state index in [-0.39, 0.29) is 94.9 Å². The van der Waals surface area contributed by atoms with Gasteiger partial charge in [0, 0.05) is 64.0 Å². The summed E-state index contributed by atoms with van der Waals surface area (Å²) in [5.74, 6) is -2.63. The molecule has 4 heterocycles. The summed E-state index contributed by atoms with van der Waals surface area (Å²) < 4.78 is 61.4. The Bertz CT molecular complexity index is 2880. The van der Waals surface area contributed by atoms with Gasteiger partial charge in [-0.1, -0.05) is 60.6 Å². The monoisotopic (exact) mass is 1220 g/mol. The Morgan fingerprint density at radius 2 is 0.952 bits per heavy atom. The second-order valence-electron chi connectivity index (χ2n) is 20.7. The first kappa shape index (κ1) is 67.7. The highest BCUT2D eigenvalue weighted by Crippen LogP contribution is 2.41. The van der Waals surface area contributed by atoms with Gasteiger partial charge >= 0.3 is 34.7 Å². The maximum absolute atomic E-state index is 13.5. The minimum Gasteiger partial charge on any atom is -0.507 e. The Morgan fingerprint density at radius 3 is 1.39 bits per heavy atom. The van der Waals surface area contributed by atoms with Crippen LogP contribution in [-0.2, 0) is 55.3 Å². The number of hydrogen-bond acceptors (Lipinski definition) is 17. The van der Waals surface area contributed by atoms with Gasteiger partial charge in [-0.15, -0.1) is 0 Å². The van der Waals surface area contributed by atoms with Crippen molar-refractivity contribution in [1.29, 1.82) is 0 Å². The van der Waals surface area contributed by atoms with Gasteiger partial charge < -0.3 is 77.6 Å². The van der Waals surface area contributed by atoms with Crippen LogP contribution >= 0.6 is 22.8 Å². The number of phenolic OH excluding ortho intramolecular Hbond substituents is 1. The molecule has 4 aliphatic heterocycles. The molecule has 0 radical (unpaired) electrons. The fourth-order valence-electron chi connectivity index (χ4n) is 8.82. The molecule has 4 atom stereocenters. The second kappa shape index (κ2) is 32.8. The van der Waals surface area contributed by atoms with Crippen LogP contribution < -0.4 is 14.2 Å². The van der Waals surface area contributed by atoms with Crippen LogP contribution in [0.15, 0.2) is 83.2 Å². The molecule has 2 aromatic rings. The van der Waals surface area contributed by atoms with Crippen molar-refractivity contribution < 1.29 is 101 Å². The predicted octanol–water partition coefficient (Wildman–Crippen LogP) is 7.65. The van der Waals surface area contributed by atoms with Crippen molar-refractivity contribution in [3.05, 3.63) is 95.1 Å². The van der Waals surface area contributed by atoms with Crippen LogP contribution in [0.3, 0.4) is 0 Å². The smallest absolute Gasteiger partial charge is 0.362 e. The highest BCUT2D eigenvalue weighted by molar-refractivity contribution is 7.52. The zero-order chi connectivity index (χ0) is 60.7. The van der Waals surface area contributed by atoms with Crippen molar-refractivity contribution >= 4 is 58.0 Å². The van der Waals surface area contributed by atoms with Crippen molar-refractivity contribution in [3.8, 4) is 23.0 Å². The summed E-state index contributed by atoms with van der Waals surface area (Å²) in [6, 6.07) is 4.93. The molecule has 0 unspecified atom stereocenters. The van der Waals surface area contributed by atoms with E-state index < -0.39 is 71.7 Å². The van der Waals surface area contributed by atoms with Crippen LogP contribution in [0.2, 0.25) is 0 Å². The number of fused-ring (bicyclic) bond motifs is 2. The van der Waals surface area contributed by atoms with Gasteiger partial charge in [0.05, 0.1) is 11.4 Å². The van der Waals surface area contributed by atoms with Gasteiger partial charge in [0.2, 0.25) is 0 Å².